The summed E-state index contributed by atoms with van der Waals surface area (Å²) in [6.07, 6.45) is 1.86. The molecular formula is C8H9ClN2. The Hall–Kier alpha value is -0.600. The van der Waals surface area contributed by atoms with Crippen molar-refractivity contribution in [1.82, 2.24) is 9.88 Å². The lowest BCUT2D eigenvalue weighted by Crippen LogP contribution is -2.07. The molecule has 0 N–H and O–H groups in total. The minimum Gasteiger partial charge on any atom is -0.298 e. The van der Waals surface area contributed by atoms with Crippen LogP contribution in [-0.4, -0.2) is 16.9 Å². The third-order valence-electron chi connectivity index (χ3n) is 1.93. The summed E-state index contributed by atoms with van der Waals surface area (Å²) in [7, 11) is 2.09. The summed E-state index contributed by atoms with van der Waals surface area (Å²) >= 11 is 5.74. The fourth-order valence-corrected chi connectivity index (χ4v) is 1.60. The van der Waals surface area contributed by atoms with Crippen molar-refractivity contribution >= 4 is 11.6 Å². The van der Waals surface area contributed by atoms with Gasteiger partial charge in [0.15, 0.2) is 0 Å². The third kappa shape index (κ3) is 1.24. The van der Waals surface area contributed by atoms with E-state index in [1.807, 2.05) is 12.3 Å². The molecule has 0 saturated heterocycles. The summed E-state index contributed by atoms with van der Waals surface area (Å²) in [6.45, 7) is 2.00. The number of hydrogen-bond acceptors (Lipinski definition) is 2. The van der Waals surface area contributed by atoms with Gasteiger partial charge in [0.2, 0.25) is 0 Å². The normalized spacial score (nSPS) is 16.9. The van der Waals surface area contributed by atoms with E-state index in [0.29, 0.717) is 5.15 Å². The number of nitrogens with zero attached hydrogens (tertiary/aromatic N) is 2. The lowest BCUT2D eigenvalue weighted by atomic mass is 10.2. The standard InChI is InChI=1S/C8H9ClN2/c1-11-4-6-2-8(9)10-3-7(6)5-11/h2-3H,4-5H2,1H3. The first kappa shape index (κ1) is 7.07. The second-order valence-electron chi connectivity index (χ2n) is 2.95. The number of aromatic nitrogens is 1. The quantitative estimate of drug-likeness (QED) is 0.548. The van der Waals surface area contributed by atoms with E-state index in [-0.39, 0.29) is 0 Å². The third-order valence-corrected chi connectivity index (χ3v) is 2.14. The highest BCUT2D eigenvalue weighted by Gasteiger charge is 2.15. The van der Waals surface area contributed by atoms with Crippen molar-refractivity contribution < 1.29 is 0 Å². The van der Waals surface area contributed by atoms with Crippen LogP contribution in [0.5, 0.6) is 0 Å². The van der Waals surface area contributed by atoms with Gasteiger partial charge in [0.05, 0.1) is 0 Å². The number of pyridine rings is 1. The summed E-state index contributed by atoms with van der Waals surface area (Å²) in [4.78, 5) is 6.26. The van der Waals surface area contributed by atoms with Gasteiger partial charge in [0.25, 0.3) is 0 Å². The maximum atomic E-state index is 5.74. The first-order valence-corrected chi connectivity index (χ1v) is 3.95. The highest BCUT2D eigenvalue weighted by molar-refractivity contribution is 6.29. The molecule has 2 nitrogen and oxygen atoms in total. The van der Waals surface area contributed by atoms with Gasteiger partial charge in [-0.3, -0.25) is 4.90 Å². The highest BCUT2D eigenvalue weighted by Crippen LogP contribution is 2.22. The van der Waals surface area contributed by atoms with E-state index in [4.69, 9.17) is 11.6 Å². The second kappa shape index (κ2) is 2.47. The fourth-order valence-electron chi connectivity index (χ4n) is 1.42. The monoisotopic (exact) mass is 168 g/mol. The predicted octanol–water partition coefficient (Wildman–Crippen LogP) is 1.68. The zero-order valence-electron chi connectivity index (χ0n) is 6.34. The molecule has 0 radical (unpaired) electrons. The Morgan fingerprint density at radius 1 is 1.45 bits per heavy atom. The number of fused-ring (bicyclic) bond motifs is 1. The molecule has 11 heavy (non-hydrogen) atoms. The van der Waals surface area contributed by atoms with Crippen LogP contribution in [0.25, 0.3) is 0 Å². The molecule has 0 unspecified atom stereocenters. The minimum absolute atomic E-state index is 0.596. The molecule has 0 aliphatic carbocycles. The minimum atomic E-state index is 0.596. The number of hydrogen-bond donors (Lipinski definition) is 0. The summed E-state index contributed by atoms with van der Waals surface area (Å²) in [5, 5.41) is 0.596. The Bertz CT molecular complexity index is 285. The number of rotatable bonds is 0. The first-order valence-electron chi connectivity index (χ1n) is 3.57. The van der Waals surface area contributed by atoms with Gasteiger partial charge in [-0.05, 0) is 24.2 Å². The van der Waals surface area contributed by atoms with Crippen molar-refractivity contribution in [2.45, 2.75) is 13.1 Å². The van der Waals surface area contributed by atoms with E-state index in [1.54, 1.807) is 0 Å². The van der Waals surface area contributed by atoms with Crippen LogP contribution in [-0.2, 0) is 13.1 Å². The van der Waals surface area contributed by atoms with Crippen LogP contribution in [0.2, 0.25) is 5.15 Å². The van der Waals surface area contributed by atoms with Crippen molar-refractivity contribution in [3.63, 3.8) is 0 Å². The largest absolute Gasteiger partial charge is 0.298 e. The van der Waals surface area contributed by atoms with E-state index in [0.717, 1.165) is 13.1 Å². The van der Waals surface area contributed by atoms with Gasteiger partial charge in [-0.25, -0.2) is 4.98 Å². The van der Waals surface area contributed by atoms with Gasteiger partial charge in [0.1, 0.15) is 5.15 Å². The topological polar surface area (TPSA) is 16.1 Å². The van der Waals surface area contributed by atoms with Gasteiger partial charge in [0, 0.05) is 19.3 Å². The lowest BCUT2D eigenvalue weighted by molar-refractivity contribution is 0.353. The zero-order valence-corrected chi connectivity index (χ0v) is 7.10. The molecule has 2 heterocycles. The fraction of sp³-hybridized carbons (Fsp3) is 0.375. The molecule has 0 spiro atoms. The smallest absolute Gasteiger partial charge is 0.129 e. The molecule has 1 aliphatic heterocycles. The van der Waals surface area contributed by atoms with Crippen LogP contribution in [0, 0.1) is 0 Å². The van der Waals surface area contributed by atoms with E-state index in [9.17, 15) is 0 Å². The van der Waals surface area contributed by atoms with Gasteiger partial charge >= 0.3 is 0 Å². The molecule has 58 valence electrons. The summed E-state index contributed by atoms with van der Waals surface area (Å²) in [5.41, 5.74) is 2.62. The molecule has 1 aromatic heterocycles. The van der Waals surface area contributed by atoms with Crippen LogP contribution >= 0.6 is 11.6 Å². The maximum absolute atomic E-state index is 5.74. The molecule has 1 aromatic rings. The Kier molecular flexibility index (Phi) is 1.59. The molecule has 0 fully saturated rings. The van der Waals surface area contributed by atoms with Crippen LogP contribution in [0.1, 0.15) is 11.1 Å². The van der Waals surface area contributed by atoms with E-state index in [2.05, 4.69) is 16.9 Å². The zero-order chi connectivity index (χ0) is 7.84. The van der Waals surface area contributed by atoms with Crippen molar-refractivity contribution in [2.75, 3.05) is 7.05 Å². The van der Waals surface area contributed by atoms with Crippen LogP contribution in [0.4, 0.5) is 0 Å². The lowest BCUT2D eigenvalue weighted by Gasteiger charge is -2.02. The molecule has 0 amide bonds. The van der Waals surface area contributed by atoms with Gasteiger partial charge < -0.3 is 0 Å². The molecule has 0 atom stereocenters. The van der Waals surface area contributed by atoms with Gasteiger partial charge in [-0.2, -0.15) is 0 Å². The second-order valence-corrected chi connectivity index (χ2v) is 3.34. The van der Waals surface area contributed by atoms with Crippen LogP contribution < -0.4 is 0 Å². The van der Waals surface area contributed by atoms with Crippen LogP contribution in [0.3, 0.4) is 0 Å². The Morgan fingerprint density at radius 2 is 2.18 bits per heavy atom. The molecular weight excluding hydrogens is 160 g/mol. The molecule has 0 aromatic carbocycles. The molecule has 0 bridgehead atoms. The van der Waals surface area contributed by atoms with E-state index in [1.165, 1.54) is 11.1 Å². The molecule has 0 saturated carbocycles. The Balaban J connectivity index is 2.43. The van der Waals surface area contributed by atoms with Crippen molar-refractivity contribution in [3.05, 3.63) is 28.5 Å². The van der Waals surface area contributed by atoms with E-state index >= 15 is 0 Å². The van der Waals surface area contributed by atoms with Crippen molar-refractivity contribution in [2.24, 2.45) is 0 Å². The summed E-state index contributed by atoms with van der Waals surface area (Å²) < 4.78 is 0. The van der Waals surface area contributed by atoms with Crippen molar-refractivity contribution in [3.8, 4) is 0 Å². The Labute approximate surface area is 70.8 Å². The Morgan fingerprint density at radius 3 is 3.00 bits per heavy atom. The van der Waals surface area contributed by atoms with E-state index < -0.39 is 0 Å². The SMILES string of the molecule is CN1Cc2cnc(Cl)cc2C1. The number of halogens is 1. The maximum Gasteiger partial charge on any atom is 0.129 e. The van der Waals surface area contributed by atoms with Gasteiger partial charge in [-0.15, -0.1) is 0 Å². The summed E-state index contributed by atoms with van der Waals surface area (Å²) in [5.74, 6) is 0. The van der Waals surface area contributed by atoms with Crippen LogP contribution in [0.15, 0.2) is 12.3 Å². The molecule has 1 aliphatic rings. The molecule has 3 heteroatoms. The first-order chi connectivity index (χ1) is 5.25. The summed E-state index contributed by atoms with van der Waals surface area (Å²) in [6, 6.07) is 1.94. The van der Waals surface area contributed by atoms with Gasteiger partial charge in [-0.1, -0.05) is 11.6 Å². The van der Waals surface area contributed by atoms with Crippen molar-refractivity contribution in [1.29, 1.82) is 0 Å². The molecule has 2 rings (SSSR count). The highest BCUT2D eigenvalue weighted by atomic mass is 35.5. The average molecular weight is 169 g/mol. The predicted molar refractivity (Wildman–Crippen MR) is 44.4 cm³/mol. The average Bonchev–Trinajstić information content (AvgIpc) is 2.27.